The first-order valence-corrected chi connectivity index (χ1v) is 9.08. The molecule has 0 aliphatic heterocycles. The number of benzene rings is 1. The maximum atomic E-state index is 12.5. The second kappa shape index (κ2) is 6.45. The van der Waals surface area contributed by atoms with Crippen molar-refractivity contribution in [2.75, 3.05) is 5.32 Å². The van der Waals surface area contributed by atoms with Crippen molar-refractivity contribution in [1.29, 1.82) is 0 Å². The molecule has 0 spiro atoms. The lowest BCUT2D eigenvalue weighted by molar-refractivity contribution is 0.1000. The number of rotatable bonds is 3. The number of hydrogen-bond donors (Lipinski definition) is 2. The average molecular weight is 393 g/mol. The van der Waals surface area contributed by atoms with Gasteiger partial charge in [-0.1, -0.05) is 19.1 Å². The van der Waals surface area contributed by atoms with Crippen molar-refractivity contribution in [3.05, 3.63) is 50.3 Å². The van der Waals surface area contributed by atoms with Gasteiger partial charge in [-0.15, -0.1) is 11.3 Å². The zero-order chi connectivity index (χ0) is 16.6. The minimum Gasteiger partial charge on any atom is -0.365 e. The van der Waals surface area contributed by atoms with Crippen molar-refractivity contribution in [3.8, 4) is 0 Å². The Kier molecular flexibility index (Phi) is 4.55. The average Bonchev–Trinajstić information content (AvgIpc) is 2.84. The first-order valence-electron chi connectivity index (χ1n) is 7.47. The van der Waals surface area contributed by atoms with Gasteiger partial charge in [0.2, 0.25) is 0 Å². The Morgan fingerprint density at radius 3 is 2.78 bits per heavy atom. The lowest BCUT2D eigenvalue weighted by Crippen LogP contribution is -2.19. The summed E-state index contributed by atoms with van der Waals surface area (Å²) in [5.41, 5.74) is 7.60. The molecule has 4 nitrogen and oxygen atoms in total. The van der Waals surface area contributed by atoms with E-state index in [1.54, 1.807) is 12.1 Å². The van der Waals surface area contributed by atoms with Crippen molar-refractivity contribution < 1.29 is 9.59 Å². The van der Waals surface area contributed by atoms with Crippen LogP contribution < -0.4 is 11.1 Å². The molecule has 0 saturated heterocycles. The minimum atomic E-state index is -0.473. The van der Waals surface area contributed by atoms with Crippen LogP contribution in [0.5, 0.6) is 0 Å². The molecule has 2 aromatic rings. The van der Waals surface area contributed by atoms with Gasteiger partial charge in [0.15, 0.2) is 0 Å². The number of primary amides is 1. The second-order valence-corrected chi connectivity index (χ2v) is 7.81. The fourth-order valence-corrected chi connectivity index (χ4v) is 4.79. The predicted octanol–water partition coefficient (Wildman–Crippen LogP) is 3.99. The summed E-state index contributed by atoms with van der Waals surface area (Å²) >= 11 is 4.85. The Hall–Kier alpha value is -1.66. The van der Waals surface area contributed by atoms with E-state index in [1.165, 1.54) is 16.2 Å². The van der Waals surface area contributed by atoms with Gasteiger partial charge in [0.05, 0.1) is 11.1 Å². The van der Waals surface area contributed by atoms with Crippen LogP contribution in [0.1, 0.15) is 44.5 Å². The van der Waals surface area contributed by atoms with Crippen LogP contribution in [-0.4, -0.2) is 11.8 Å². The molecule has 1 aliphatic rings. The molecule has 1 aliphatic carbocycles. The summed E-state index contributed by atoms with van der Waals surface area (Å²) in [6.07, 6.45) is 2.82. The highest BCUT2D eigenvalue weighted by Gasteiger charge is 2.27. The second-order valence-electron chi connectivity index (χ2n) is 5.85. The third-order valence-corrected chi connectivity index (χ3v) is 5.96. The molecule has 0 radical (unpaired) electrons. The molecule has 23 heavy (non-hydrogen) atoms. The molecule has 1 heterocycles. The zero-order valence-corrected chi connectivity index (χ0v) is 15.1. The highest BCUT2D eigenvalue weighted by atomic mass is 79.9. The molecule has 120 valence electrons. The fraction of sp³-hybridized carbons (Fsp3) is 0.294. The summed E-state index contributed by atoms with van der Waals surface area (Å²) in [5, 5.41) is 3.44. The van der Waals surface area contributed by atoms with Crippen LogP contribution in [0.25, 0.3) is 0 Å². The summed E-state index contributed by atoms with van der Waals surface area (Å²) in [6, 6.07) is 7.20. The van der Waals surface area contributed by atoms with Gasteiger partial charge < -0.3 is 11.1 Å². The van der Waals surface area contributed by atoms with Crippen molar-refractivity contribution >= 4 is 44.1 Å². The Morgan fingerprint density at radius 1 is 1.35 bits per heavy atom. The van der Waals surface area contributed by atoms with Crippen LogP contribution in [0.4, 0.5) is 5.00 Å². The number of nitrogens with one attached hydrogen (secondary N) is 1. The molecule has 1 aromatic heterocycles. The Morgan fingerprint density at radius 2 is 2.09 bits per heavy atom. The number of thiophene rings is 1. The molecule has 1 aromatic carbocycles. The van der Waals surface area contributed by atoms with E-state index in [-0.39, 0.29) is 5.91 Å². The molecule has 6 heteroatoms. The number of anilines is 1. The molecular formula is C17H17BrN2O2S. The van der Waals surface area contributed by atoms with Gasteiger partial charge >= 0.3 is 0 Å². The number of amides is 2. The van der Waals surface area contributed by atoms with Crippen molar-refractivity contribution in [2.45, 2.75) is 26.2 Å². The smallest absolute Gasteiger partial charge is 0.257 e. The molecule has 1 atom stereocenters. The quantitative estimate of drug-likeness (QED) is 0.828. The summed E-state index contributed by atoms with van der Waals surface area (Å²) in [7, 11) is 0. The van der Waals surface area contributed by atoms with E-state index in [4.69, 9.17) is 5.73 Å². The maximum Gasteiger partial charge on any atom is 0.257 e. The van der Waals surface area contributed by atoms with Gasteiger partial charge in [-0.2, -0.15) is 0 Å². The summed E-state index contributed by atoms with van der Waals surface area (Å²) < 4.78 is 0.716. The molecular weight excluding hydrogens is 376 g/mol. The maximum absolute atomic E-state index is 12.5. The van der Waals surface area contributed by atoms with E-state index in [2.05, 4.69) is 28.2 Å². The van der Waals surface area contributed by atoms with E-state index in [0.717, 1.165) is 24.8 Å². The third kappa shape index (κ3) is 3.19. The fourth-order valence-electron chi connectivity index (χ4n) is 2.92. The van der Waals surface area contributed by atoms with Gasteiger partial charge in [-0.25, -0.2) is 0 Å². The summed E-state index contributed by atoms with van der Waals surface area (Å²) in [4.78, 5) is 25.6. The van der Waals surface area contributed by atoms with E-state index >= 15 is 0 Å². The predicted molar refractivity (Wildman–Crippen MR) is 96.1 cm³/mol. The largest absolute Gasteiger partial charge is 0.365 e. The highest BCUT2D eigenvalue weighted by Crippen LogP contribution is 2.39. The molecule has 0 saturated carbocycles. The van der Waals surface area contributed by atoms with Crippen LogP contribution in [0.3, 0.4) is 0 Å². The van der Waals surface area contributed by atoms with Crippen LogP contribution in [0, 0.1) is 5.92 Å². The summed E-state index contributed by atoms with van der Waals surface area (Å²) in [6.45, 7) is 2.20. The molecule has 0 fully saturated rings. The highest BCUT2D eigenvalue weighted by molar-refractivity contribution is 9.10. The van der Waals surface area contributed by atoms with Gasteiger partial charge in [0, 0.05) is 9.35 Å². The zero-order valence-electron chi connectivity index (χ0n) is 12.7. The standard InChI is InChI=1S/C17H17BrN2O2S/c1-9-6-7-11-13(8-9)23-17(14(11)15(19)21)20-16(22)10-4-2-3-5-12(10)18/h2-5,9H,6-8H2,1H3,(H2,19,21)(H,20,22)/t9-/m0/s1. The van der Waals surface area contributed by atoms with Crippen molar-refractivity contribution in [1.82, 2.24) is 0 Å². The lowest BCUT2D eigenvalue weighted by atomic mass is 9.88. The number of hydrogen-bond acceptors (Lipinski definition) is 3. The van der Waals surface area contributed by atoms with Crippen molar-refractivity contribution in [2.24, 2.45) is 11.7 Å². The minimum absolute atomic E-state index is 0.244. The molecule has 0 unspecified atom stereocenters. The summed E-state index contributed by atoms with van der Waals surface area (Å²) in [5.74, 6) is -0.125. The lowest BCUT2D eigenvalue weighted by Gasteiger charge is -2.18. The number of carbonyl (C=O) groups is 2. The van der Waals surface area contributed by atoms with E-state index < -0.39 is 5.91 Å². The number of halogens is 1. The Balaban J connectivity index is 1.96. The first-order chi connectivity index (χ1) is 11.0. The van der Waals surface area contributed by atoms with E-state index in [0.29, 0.717) is 26.5 Å². The molecule has 2 amide bonds. The molecule has 3 rings (SSSR count). The van der Waals surface area contributed by atoms with Crippen LogP contribution >= 0.6 is 27.3 Å². The third-order valence-electron chi connectivity index (χ3n) is 4.10. The van der Waals surface area contributed by atoms with Crippen LogP contribution in [-0.2, 0) is 12.8 Å². The van der Waals surface area contributed by atoms with Gasteiger partial charge in [0.1, 0.15) is 5.00 Å². The van der Waals surface area contributed by atoms with Crippen LogP contribution in [0.15, 0.2) is 28.7 Å². The number of carbonyl (C=O) groups excluding carboxylic acids is 2. The topological polar surface area (TPSA) is 72.2 Å². The van der Waals surface area contributed by atoms with Crippen molar-refractivity contribution in [3.63, 3.8) is 0 Å². The first kappa shape index (κ1) is 16.2. The van der Waals surface area contributed by atoms with E-state index in [9.17, 15) is 9.59 Å². The normalized spacial score (nSPS) is 16.7. The van der Waals surface area contributed by atoms with Gasteiger partial charge in [0.25, 0.3) is 11.8 Å². The monoisotopic (exact) mass is 392 g/mol. The SMILES string of the molecule is C[C@H]1CCc2c(sc(NC(=O)c3ccccc3Br)c2C(N)=O)C1. The molecule has 3 N–H and O–H groups in total. The number of fused-ring (bicyclic) bond motifs is 1. The van der Waals surface area contributed by atoms with Crippen LogP contribution in [0.2, 0.25) is 0 Å². The van der Waals surface area contributed by atoms with Gasteiger partial charge in [-0.3, -0.25) is 9.59 Å². The van der Waals surface area contributed by atoms with E-state index in [1.807, 2.05) is 12.1 Å². The Bertz CT molecular complexity index is 785. The molecule has 0 bridgehead atoms. The number of nitrogens with two attached hydrogens (primary N) is 1. The van der Waals surface area contributed by atoms with Gasteiger partial charge in [-0.05, 0) is 58.8 Å². The Labute approximate surface area is 147 Å².